The van der Waals surface area contributed by atoms with Crippen molar-refractivity contribution >= 4 is 75.7 Å². The molecular weight excluding hydrogens is 479 g/mol. The normalized spacial score (nSPS) is 15.5. The fourth-order valence-corrected chi connectivity index (χ4v) is 3.87. The van der Waals surface area contributed by atoms with Gasteiger partial charge in [-0.05, 0) is 67.2 Å². The van der Waals surface area contributed by atoms with E-state index in [4.69, 9.17) is 51.4 Å². The number of hydrogen-bond donors (Lipinski definition) is 1. The Balaban J connectivity index is 1.70. The lowest BCUT2D eigenvalue weighted by atomic mass is 10.1. The number of anilines is 1. The monoisotopic (exact) mass is 490 g/mol. The van der Waals surface area contributed by atoms with Gasteiger partial charge < -0.3 is 4.42 Å². The summed E-state index contributed by atoms with van der Waals surface area (Å²) in [5.74, 6) is -0.476. The largest absolute Gasteiger partial charge is 0.457 e. The second-order valence-corrected chi connectivity index (χ2v) is 8.27. The molecule has 1 N–H and O–H groups in total. The number of aryl methyl sites for hydroxylation is 1. The minimum atomic E-state index is -0.622. The van der Waals surface area contributed by atoms with E-state index in [2.05, 4.69) is 5.32 Å². The quantitative estimate of drug-likeness (QED) is 0.275. The lowest BCUT2D eigenvalue weighted by molar-refractivity contribution is -0.122. The third kappa shape index (κ3) is 4.12. The van der Waals surface area contributed by atoms with E-state index in [-0.39, 0.29) is 10.7 Å². The maximum Gasteiger partial charge on any atom is 0.270 e. The van der Waals surface area contributed by atoms with E-state index in [1.807, 2.05) is 6.92 Å². The van der Waals surface area contributed by atoms with Crippen LogP contribution in [-0.2, 0) is 9.59 Å². The number of carbonyl (C=O) groups is 2. The van der Waals surface area contributed by atoms with Crippen LogP contribution in [0.4, 0.5) is 5.69 Å². The van der Waals surface area contributed by atoms with Gasteiger partial charge in [0.25, 0.3) is 11.8 Å². The van der Waals surface area contributed by atoms with Gasteiger partial charge >= 0.3 is 0 Å². The Kier molecular flexibility index (Phi) is 5.90. The number of amides is 2. The number of halogens is 3. The molecule has 2 amide bonds. The summed E-state index contributed by atoms with van der Waals surface area (Å²) in [4.78, 5) is 26.8. The standard InChI is InChI=1S/C22H13Cl3N2O3S/c1-11-5-6-12(9-17(11)24)27-21(29)15(20(28)26-22(27)31)10-13-7-8-18(30-13)14-3-2-4-16(23)19(14)25/h2-10H,1H3,(H,26,28,31)/b15-10-. The Hall–Kier alpha value is -2.64. The summed E-state index contributed by atoms with van der Waals surface area (Å²) in [7, 11) is 0. The Morgan fingerprint density at radius 3 is 2.55 bits per heavy atom. The van der Waals surface area contributed by atoms with Crippen molar-refractivity contribution in [1.82, 2.24) is 5.32 Å². The highest BCUT2D eigenvalue weighted by Gasteiger charge is 2.35. The zero-order valence-corrected chi connectivity index (χ0v) is 19.0. The van der Waals surface area contributed by atoms with Crippen molar-refractivity contribution in [2.45, 2.75) is 6.92 Å². The molecule has 2 heterocycles. The third-order valence-electron chi connectivity index (χ3n) is 4.65. The molecule has 0 spiro atoms. The highest BCUT2D eigenvalue weighted by atomic mass is 35.5. The maximum absolute atomic E-state index is 13.1. The van der Waals surface area contributed by atoms with Gasteiger partial charge in [-0.3, -0.25) is 19.8 Å². The van der Waals surface area contributed by atoms with Crippen LogP contribution in [0.2, 0.25) is 15.1 Å². The molecule has 1 aliphatic heterocycles. The second-order valence-electron chi connectivity index (χ2n) is 6.69. The van der Waals surface area contributed by atoms with Crippen LogP contribution in [0.3, 0.4) is 0 Å². The van der Waals surface area contributed by atoms with E-state index in [1.54, 1.807) is 48.5 Å². The molecule has 156 valence electrons. The molecule has 31 heavy (non-hydrogen) atoms. The lowest BCUT2D eigenvalue weighted by Crippen LogP contribution is -2.54. The molecule has 0 radical (unpaired) electrons. The first-order valence-electron chi connectivity index (χ1n) is 8.98. The van der Waals surface area contributed by atoms with Crippen LogP contribution in [0.5, 0.6) is 0 Å². The molecule has 1 saturated heterocycles. The summed E-state index contributed by atoms with van der Waals surface area (Å²) < 4.78 is 5.78. The van der Waals surface area contributed by atoms with Crippen molar-refractivity contribution in [1.29, 1.82) is 0 Å². The van der Waals surface area contributed by atoms with Crippen molar-refractivity contribution in [2.24, 2.45) is 0 Å². The molecule has 1 fully saturated rings. The van der Waals surface area contributed by atoms with E-state index >= 15 is 0 Å². The number of hydrogen-bond acceptors (Lipinski definition) is 4. The molecule has 1 aliphatic rings. The first kappa shape index (κ1) is 21.6. The first-order valence-corrected chi connectivity index (χ1v) is 10.5. The van der Waals surface area contributed by atoms with Crippen LogP contribution in [-0.4, -0.2) is 16.9 Å². The summed E-state index contributed by atoms with van der Waals surface area (Å²) >= 11 is 23.7. The topological polar surface area (TPSA) is 62.6 Å². The first-order chi connectivity index (χ1) is 14.8. The molecule has 0 aliphatic carbocycles. The van der Waals surface area contributed by atoms with Gasteiger partial charge in [0.2, 0.25) is 0 Å². The zero-order valence-electron chi connectivity index (χ0n) is 15.9. The second kappa shape index (κ2) is 8.48. The highest BCUT2D eigenvalue weighted by Crippen LogP contribution is 2.35. The number of furan rings is 1. The van der Waals surface area contributed by atoms with Crippen molar-refractivity contribution in [3.05, 3.63) is 80.5 Å². The smallest absolute Gasteiger partial charge is 0.270 e. The van der Waals surface area contributed by atoms with Gasteiger partial charge in [-0.1, -0.05) is 46.9 Å². The average molecular weight is 492 g/mol. The molecule has 5 nitrogen and oxygen atoms in total. The maximum atomic E-state index is 13.1. The summed E-state index contributed by atoms with van der Waals surface area (Å²) in [6, 6.07) is 13.5. The Labute approximate surface area is 198 Å². The Bertz CT molecular complexity index is 1280. The number of nitrogens with zero attached hydrogens (tertiary/aromatic N) is 1. The predicted octanol–water partition coefficient (Wildman–Crippen LogP) is 6.05. The average Bonchev–Trinajstić information content (AvgIpc) is 3.18. The van der Waals surface area contributed by atoms with Crippen LogP contribution in [0.25, 0.3) is 17.4 Å². The van der Waals surface area contributed by atoms with Crippen molar-refractivity contribution in [2.75, 3.05) is 4.90 Å². The number of benzene rings is 2. The number of thiocarbonyl (C=S) groups is 1. The summed E-state index contributed by atoms with van der Waals surface area (Å²) in [5.41, 5.74) is 1.75. The van der Waals surface area contributed by atoms with E-state index in [9.17, 15) is 9.59 Å². The fourth-order valence-electron chi connectivity index (χ4n) is 3.02. The van der Waals surface area contributed by atoms with E-state index in [1.165, 1.54) is 11.0 Å². The molecule has 0 unspecified atom stereocenters. The minimum Gasteiger partial charge on any atom is -0.457 e. The van der Waals surface area contributed by atoms with Crippen molar-refractivity contribution in [3.63, 3.8) is 0 Å². The molecule has 3 aromatic rings. The molecular formula is C22H13Cl3N2O3S. The van der Waals surface area contributed by atoms with Gasteiger partial charge in [0.1, 0.15) is 17.1 Å². The summed E-state index contributed by atoms with van der Waals surface area (Å²) in [5, 5.41) is 3.70. The van der Waals surface area contributed by atoms with Gasteiger partial charge in [-0.25, -0.2) is 0 Å². The number of nitrogens with one attached hydrogen (secondary N) is 1. The van der Waals surface area contributed by atoms with Gasteiger partial charge in [0, 0.05) is 10.6 Å². The van der Waals surface area contributed by atoms with Crippen LogP contribution in [0.1, 0.15) is 11.3 Å². The predicted molar refractivity (Wildman–Crippen MR) is 127 cm³/mol. The Morgan fingerprint density at radius 1 is 1.03 bits per heavy atom. The summed E-state index contributed by atoms with van der Waals surface area (Å²) in [6.45, 7) is 1.84. The highest BCUT2D eigenvalue weighted by molar-refractivity contribution is 7.80. The van der Waals surface area contributed by atoms with Crippen LogP contribution in [0.15, 0.2) is 58.5 Å². The van der Waals surface area contributed by atoms with E-state index < -0.39 is 11.8 Å². The van der Waals surface area contributed by atoms with Crippen LogP contribution in [0, 0.1) is 6.92 Å². The van der Waals surface area contributed by atoms with Crippen LogP contribution < -0.4 is 10.2 Å². The fraction of sp³-hybridized carbons (Fsp3) is 0.0455. The summed E-state index contributed by atoms with van der Waals surface area (Å²) in [6.07, 6.45) is 1.35. The molecule has 2 aromatic carbocycles. The van der Waals surface area contributed by atoms with Gasteiger partial charge in [0.15, 0.2) is 5.11 Å². The molecule has 1 aromatic heterocycles. The van der Waals surface area contributed by atoms with Gasteiger partial charge in [-0.2, -0.15) is 0 Å². The van der Waals surface area contributed by atoms with Gasteiger partial charge in [0.05, 0.1) is 15.7 Å². The zero-order chi connectivity index (χ0) is 22.3. The molecule has 9 heteroatoms. The third-order valence-corrected chi connectivity index (χ3v) is 6.16. The van der Waals surface area contributed by atoms with Gasteiger partial charge in [-0.15, -0.1) is 0 Å². The van der Waals surface area contributed by atoms with Crippen molar-refractivity contribution < 1.29 is 14.0 Å². The van der Waals surface area contributed by atoms with E-state index in [0.29, 0.717) is 37.8 Å². The van der Waals surface area contributed by atoms with E-state index in [0.717, 1.165) is 5.56 Å². The minimum absolute atomic E-state index is 0.0297. The SMILES string of the molecule is Cc1ccc(N2C(=O)/C(=C\c3ccc(-c4cccc(Cl)c4Cl)o3)C(=O)NC2=S)cc1Cl. The van der Waals surface area contributed by atoms with Crippen LogP contribution >= 0.6 is 47.0 Å². The molecule has 4 rings (SSSR count). The lowest BCUT2D eigenvalue weighted by Gasteiger charge is -2.29. The molecule has 0 bridgehead atoms. The number of carbonyl (C=O) groups excluding carboxylic acids is 2. The number of rotatable bonds is 3. The molecule has 0 saturated carbocycles. The van der Waals surface area contributed by atoms with Crippen molar-refractivity contribution in [3.8, 4) is 11.3 Å². The Morgan fingerprint density at radius 2 is 1.81 bits per heavy atom. The molecule has 0 atom stereocenters.